The summed E-state index contributed by atoms with van der Waals surface area (Å²) in [6.07, 6.45) is 21.0. The van der Waals surface area contributed by atoms with Gasteiger partial charge in [-0.05, 0) is 249 Å². The number of fused-ring (bicyclic) bond motifs is 16. The summed E-state index contributed by atoms with van der Waals surface area (Å²) in [7, 11) is 0. The van der Waals surface area contributed by atoms with Crippen LogP contribution >= 0.6 is 11.6 Å². The third-order valence-corrected chi connectivity index (χ3v) is 27.8. The van der Waals surface area contributed by atoms with Crippen LogP contribution in [0.3, 0.4) is 0 Å². The molecule has 17 aromatic rings. The van der Waals surface area contributed by atoms with Gasteiger partial charge in [-0.15, -0.1) is 21.8 Å². The van der Waals surface area contributed by atoms with Crippen LogP contribution in [-0.2, 0) is 51.6 Å². The number of H-pyrrole nitrogens is 4. The van der Waals surface area contributed by atoms with Gasteiger partial charge in [-0.2, -0.15) is 0 Å². The molecule has 8 aromatic heterocycles. The number of nitrogens with zero attached hydrogens (tertiary/aromatic N) is 10. The average molecular weight is 1880 g/mol. The molecule has 142 heavy (non-hydrogen) atoms. The van der Waals surface area contributed by atoms with Gasteiger partial charge in [0.25, 0.3) is 0 Å². The predicted molar refractivity (Wildman–Crippen MR) is 588 cm³/mol. The molecule has 4 aliphatic heterocycles. The number of benzene rings is 9. The van der Waals surface area contributed by atoms with Gasteiger partial charge in [0.05, 0.1) is 69.3 Å². The van der Waals surface area contributed by atoms with E-state index in [1.807, 2.05) is 30.6 Å². The third-order valence-electron chi connectivity index (χ3n) is 27.5. The summed E-state index contributed by atoms with van der Waals surface area (Å²) < 4.78 is 16.6. The fraction of sp³-hybridized carbons (Fsp3) is 0.216. The van der Waals surface area contributed by atoms with E-state index < -0.39 is 0 Å². The van der Waals surface area contributed by atoms with Crippen molar-refractivity contribution < 1.29 is 9.47 Å². The first kappa shape index (κ1) is 92.7. The second kappa shape index (κ2) is 36.2. The van der Waals surface area contributed by atoms with Crippen LogP contribution in [0, 0.1) is 0 Å². The van der Waals surface area contributed by atoms with Crippen LogP contribution in [0.1, 0.15) is 221 Å². The summed E-state index contributed by atoms with van der Waals surface area (Å²) in [5, 5.41) is 18.5. The number of nitrogens with one attached hydrogen (secondary N) is 4. The lowest BCUT2D eigenvalue weighted by Gasteiger charge is -2.19. The highest BCUT2D eigenvalue weighted by atomic mass is 35.5. The van der Waals surface area contributed by atoms with E-state index >= 15 is 0 Å². The molecule has 0 saturated carbocycles. The van der Waals surface area contributed by atoms with Crippen LogP contribution in [0.15, 0.2) is 273 Å². The number of aromatic nitrogens is 14. The number of halogens is 1. The number of rotatable bonds is 17. The van der Waals surface area contributed by atoms with Gasteiger partial charge in [0.2, 0.25) is 0 Å². The summed E-state index contributed by atoms with van der Waals surface area (Å²) in [4.78, 5) is 38.5. The van der Waals surface area contributed by atoms with Gasteiger partial charge >= 0.3 is 0 Å². The quantitative estimate of drug-likeness (QED) is 0.0637. The monoisotopic (exact) mass is 1880 g/mol. The second-order valence-corrected chi connectivity index (χ2v) is 44.2. The van der Waals surface area contributed by atoms with Crippen LogP contribution in [-0.4, -0.2) is 69.9 Å². The topological polar surface area (TPSA) is 195 Å². The minimum absolute atomic E-state index is 0.0251. The molecule has 17 heteroatoms. The lowest BCUT2D eigenvalue weighted by atomic mass is 9.86. The van der Waals surface area contributed by atoms with Crippen molar-refractivity contribution in [2.75, 3.05) is 0 Å². The van der Waals surface area contributed by atoms with Crippen molar-refractivity contribution in [3.8, 4) is 112 Å². The van der Waals surface area contributed by atoms with E-state index in [0.29, 0.717) is 22.9 Å². The third kappa shape index (κ3) is 18.7. The van der Waals surface area contributed by atoms with E-state index in [2.05, 4.69) is 456 Å². The Kier molecular flexibility index (Phi) is 23.6. The lowest BCUT2D eigenvalue weighted by molar-refractivity contribution is 0.285. The van der Waals surface area contributed by atoms with Crippen molar-refractivity contribution in [1.29, 1.82) is 0 Å². The molecule has 4 N–H and O–H groups in total. The minimum atomic E-state index is -0.0437. The molecule has 0 fully saturated rings. The number of ether oxygens (including phenoxy) is 2. The van der Waals surface area contributed by atoms with Crippen LogP contribution < -0.4 is 9.47 Å². The van der Waals surface area contributed by atoms with Gasteiger partial charge in [-0.25, -0.2) is 29.3 Å². The summed E-state index contributed by atoms with van der Waals surface area (Å²) in [6, 6.07) is 93.7. The van der Waals surface area contributed by atoms with Crippen molar-refractivity contribution in [3.63, 3.8) is 0 Å². The molecule has 16 bridgehead atoms. The molecular formula is C125H117ClN14O2. The first-order valence-electron chi connectivity index (χ1n) is 49.0. The zero-order valence-corrected chi connectivity index (χ0v) is 84.6. The molecule has 0 saturated heterocycles. The first-order chi connectivity index (χ1) is 68.0. The van der Waals surface area contributed by atoms with Gasteiger partial charge in [0, 0.05) is 101 Å². The zero-order valence-electron chi connectivity index (χ0n) is 83.9. The maximum absolute atomic E-state index is 6.62. The molecule has 0 radical (unpaired) electrons. The van der Waals surface area contributed by atoms with Crippen molar-refractivity contribution in [2.45, 2.75) is 176 Å². The minimum Gasteiger partial charge on any atom is -0.487 e. The molecule has 0 atom stereocenters. The maximum Gasteiger partial charge on any atom is 0.134 e. The number of aromatic amines is 4. The van der Waals surface area contributed by atoms with Crippen molar-refractivity contribution in [2.24, 2.45) is 0 Å². The molecule has 0 aliphatic carbocycles. The lowest BCUT2D eigenvalue weighted by Crippen LogP contribution is -2.10. The Labute approximate surface area is 835 Å². The zero-order chi connectivity index (χ0) is 98.6. The van der Waals surface area contributed by atoms with Crippen LogP contribution in [0.5, 0.6) is 11.5 Å². The molecule has 0 spiro atoms. The van der Waals surface area contributed by atoms with Gasteiger partial charge in [-0.3, -0.25) is 0 Å². The van der Waals surface area contributed by atoms with E-state index in [1.165, 1.54) is 33.4 Å². The molecule has 12 heterocycles. The Bertz CT molecular complexity index is 7680. The molecule has 706 valence electrons. The Morgan fingerprint density at radius 1 is 0.239 bits per heavy atom. The summed E-state index contributed by atoms with van der Waals surface area (Å²) in [5.41, 5.74) is 41.0. The molecular weight excluding hydrogens is 1760 g/mol. The van der Waals surface area contributed by atoms with Gasteiger partial charge in [0.1, 0.15) is 36.1 Å². The van der Waals surface area contributed by atoms with Gasteiger partial charge in [0.15, 0.2) is 0 Å². The first-order valence-corrected chi connectivity index (χ1v) is 49.5. The van der Waals surface area contributed by atoms with E-state index in [0.717, 1.165) is 196 Å². The molecule has 0 amide bonds. The normalized spacial score (nSPS) is 12.9. The molecule has 16 nitrogen and oxygen atoms in total. The van der Waals surface area contributed by atoms with Gasteiger partial charge < -0.3 is 29.4 Å². The fourth-order valence-electron chi connectivity index (χ4n) is 19.4. The van der Waals surface area contributed by atoms with Crippen LogP contribution in [0.25, 0.3) is 193 Å². The van der Waals surface area contributed by atoms with E-state index in [1.54, 1.807) is 9.36 Å². The molecule has 21 rings (SSSR count). The Hall–Kier alpha value is -15.7. The maximum atomic E-state index is 6.62. The largest absolute Gasteiger partial charge is 0.487 e. The van der Waals surface area contributed by atoms with Crippen molar-refractivity contribution in [3.05, 3.63) is 369 Å². The fourth-order valence-corrected chi connectivity index (χ4v) is 19.5. The smallest absolute Gasteiger partial charge is 0.134 e. The van der Waals surface area contributed by atoms with Crippen LogP contribution in [0.2, 0.25) is 0 Å². The highest BCUT2D eigenvalue weighted by Gasteiger charge is 2.28. The second-order valence-electron chi connectivity index (χ2n) is 43.9. The van der Waals surface area contributed by atoms with Gasteiger partial charge in [-0.1, -0.05) is 305 Å². The summed E-state index contributed by atoms with van der Waals surface area (Å²) in [5.74, 6) is 1.34. The SMILES string of the molecule is CC(C)(C)c1ccc(-c2c3nc(c(-c4ccc(C(C)(C)C)cc4)c4ccc([nH]4)c(-c4ccc(C(C)(C)C)cc4)c4nc(c(-c5ccc(-n6cc(COc7cc(CCl)cc(OCc8cn(-c9ccc(-c%10c%11nc(c(-c%12ccc(C(C)(C)C)cc%12)c%12ccc([nH]%12)c(-c%12ccc(C(C)(C)C)cc%12)c%12nc(c(-c%13ccc(C(C)(C)C)cc%13)c%13ccc%10[nH]%13)C=C%12)C=C%11)cc9)nn8)c7)nn6)cc5)c5ccc2[nH]5)C=C4)C=C3)cc1. The van der Waals surface area contributed by atoms with Crippen LogP contribution in [0.4, 0.5) is 0 Å². The van der Waals surface area contributed by atoms with Crippen molar-refractivity contribution >= 4 is 104 Å². The van der Waals surface area contributed by atoms with Crippen molar-refractivity contribution in [1.82, 2.24) is 69.9 Å². The number of hydrogen-bond acceptors (Lipinski definition) is 10. The Morgan fingerprint density at radius 3 is 0.599 bits per heavy atom. The predicted octanol–water partition coefficient (Wildman–Crippen LogP) is 31.8. The summed E-state index contributed by atoms with van der Waals surface area (Å²) >= 11 is 6.62. The molecule has 9 aromatic carbocycles. The molecule has 4 aliphatic rings. The standard InChI is InChI=1S/C125H117ClN14O2/c1-120(2,3)84-35-19-76(20-36-84)112-96-51-55-100(127-96)114(78-23-39-86(40-24-78)122(7,8)9)104-59-63-108(131-104)118(109-64-60-105(132-109)115(101-56-52-97(112)128-101)79-25-41-87(42-26-79)123(10,11)12)82-31-47-92(48-32-82)139-71-90(135-137-139)73-141-94-67-75(70-126)68-95(69-94)142-74-91-72-140(138-136-91)93-49-33-83(34-50-93)119-110-65-61-106(133-110)116(80-27-43-88(44-28-80)124(13,14)15)102-57-53-98(129-102)113(77-21-37-85(38-22-77)121(4,5)6)99-54-58-103(130-99)117(107-62-66-111(119)134-107)81-29-45-89(46-30-81)125(16,17)18/h19-69,71-72,127,129,132,134H,70,73-74H2,1-18H3. The highest BCUT2D eigenvalue weighted by molar-refractivity contribution is 6.17. The molecule has 0 unspecified atom stereocenters. The van der Waals surface area contributed by atoms with E-state index in [-0.39, 0.29) is 51.6 Å². The number of alkyl halides is 1. The highest BCUT2D eigenvalue weighted by Crippen LogP contribution is 2.46. The Morgan fingerprint density at radius 2 is 0.423 bits per heavy atom. The number of hydrogen-bond donors (Lipinski definition) is 4. The average Bonchev–Trinajstić information content (AvgIpc) is 1.61. The Balaban J connectivity index is 0.573. The van der Waals surface area contributed by atoms with E-state index in [4.69, 9.17) is 41.0 Å². The summed E-state index contributed by atoms with van der Waals surface area (Å²) in [6.45, 7) is 40.8. The van der Waals surface area contributed by atoms with E-state index in [9.17, 15) is 0 Å².